The fourth-order valence-corrected chi connectivity index (χ4v) is 5.24. The second-order valence-electron chi connectivity index (χ2n) is 8.17. The lowest BCUT2D eigenvalue weighted by Crippen LogP contribution is -2.21. The van der Waals surface area contributed by atoms with Crippen molar-refractivity contribution in [3.63, 3.8) is 0 Å². The molecule has 3 aromatic rings. The highest BCUT2D eigenvalue weighted by atomic mass is 32.1. The monoisotopic (exact) mass is 518 g/mol. The quantitative estimate of drug-likeness (QED) is 0.229. The molecule has 0 unspecified atom stereocenters. The van der Waals surface area contributed by atoms with E-state index in [4.69, 9.17) is 4.74 Å². The molecular weight excluding hydrogens is 492 g/mol. The number of hydrogen-bond acceptors (Lipinski definition) is 9. The molecule has 0 bridgehead atoms. The topological polar surface area (TPSA) is 117 Å². The van der Waals surface area contributed by atoms with Gasteiger partial charge in [-0.3, -0.25) is 14.4 Å². The minimum Gasteiger partial charge on any atom is -0.462 e. The van der Waals surface area contributed by atoms with E-state index in [-0.39, 0.29) is 50.4 Å². The van der Waals surface area contributed by atoms with E-state index >= 15 is 0 Å². The first kappa shape index (κ1) is 25.9. The molecule has 190 valence electrons. The number of rotatable bonds is 8. The molecule has 0 aliphatic heterocycles. The van der Waals surface area contributed by atoms with Gasteiger partial charge in [0, 0.05) is 36.8 Å². The Balaban J connectivity index is 1.83. The molecule has 0 spiro atoms. The van der Waals surface area contributed by atoms with Crippen LogP contribution in [0.15, 0.2) is 52.7 Å². The number of esters is 1. The normalized spacial score (nSPS) is 12.3. The molecule has 1 aliphatic carbocycles. The van der Waals surface area contributed by atoms with Crippen LogP contribution in [0.1, 0.15) is 69.2 Å². The summed E-state index contributed by atoms with van der Waals surface area (Å²) in [6.45, 7) is 8.76. The number of amides is 1. The Labute approximate surface area is 218 Å². The van der Waals surface area contributed by atoms with E-state index in [0.29, 0.717) is 11.4 Å². The Bertz CT molecular complexity index is 1440. The Morgan fingerprint density at radius 2 is 1.65 bits per heavy atom. The van der Waals surface area contributed by atoms with Gasteiger partial charge in [-0.05, 0) is 39.0 Å². The minimum absolute atomic E-state index is 0.0138. The van der Waals surface area contributed by atoms with Crippen molar-refractivity contribution < 1.29 is 23.9 Å². The molecule has 1 N–H and O–H groups in total. The van der Waals surface area contributed by atoms with Crippen LogP contribution in [0.5, 0.6) is 0 Å². The number of nitrogens with one attached hydrogen (secondary N) is 1. The molecule has 10 heteroatoms. The average molecular weight is 519 g/mol. The van der Waals surface area contributed by atoms with Crippen LogP contribution in [0.25, 0.3) is 0 Å². The van der Waals surface area contributed by atoms with Gasteiger partial charge in [0.25, 0.3) is 0 Å². The molecule has 1 aliphatic rings. The Morgan fingerprint density at radius 3 is 2.27 bits per heavy atom. The summed E-state index contributed by atoms with van der Waals surface area (Å²) in [7, 11) is 0. The second-order valence-corrected chi connectivity index (χ2v) is 9.16. The first-order chi connectivity index (χ1) is 17.8. The molecule has 1 heterocycles. The van der Waals surface area contributed by atoms with E-state index in [1.165, 1.54) is 6.92 Å². The number of thiophene rings is 1. The summed E-state index contributed by atoms with van der Waals surface area (Å²) < 4.78 is 5.20. The summed E-state index contributed by atoms with van der Waals surface area (Å²) in [5.41, 5.74) is 2.11. The molecule has 4 rings (SSSR count). The van der Waals surface area contributed by atoms with Gasteiger partial charge in [-0.1, -0.05) is 24.3 Å². The third-order valence-electron chi connectivity index (χ3n) is 5.89. The average Bonchev–Trinajstić information content (AvgIpc) is 3.27. The van der Waals surface area contributed by atoms with Crippen LogP contribution in [-0.4, -0.2) is 43.1 Å². The fraction of sp³-hybridized carbons (Fsp3) is 0.259. The number of azo groups is 1. The maximum Gasteiger partial charge on any atom is 0.342 e. The zero-order valence-corrected chi connectivity index (χ0v) is 21.8. The largest absolute Gasteiger partial charge is 0.462 e. The van der Waals surface area contributed by atoms with Gasteiger partial charge in [-0.2, -0.15) is 0 Å². The molecule has 9 nitrogen and oxygen atoms in total. The molecule has 1 aromatic heterocycles. The van der Waals surface area contributed by atoms with E-state index in [1.54, 1.807) is 43.3 Å². The maximum absolute atomic E-state index is 13.3. The number of carbonyl (C=O) groups excluding carboxylic acids is 4. The van der Waals surface area contributed by atoms with Crippen LogP contribution >= 0.6 is 11.3 Å². The number of anilines is 2. The highest BCUT2D eigenvalue weighted by Crippen LogP contribution is 2.43. The van der Waals surface area contributed by atoms with Crippen molar-refractivity contribution in [3.05, 3.63) is 69.6 Å². The molecule has 1 amide bonds. The number of fused-ring (bicyclic) bond motifs is 2. The van der Waals surface area contributed by atoms with Gasteiger partial charge in [-0.15, -0.1) is 21.6 Å². The number of ether oxygens (including phenoxy) is 1. The van der Waals surface area contributed by atoms with Gasteiger partial charge in [0.2, 0.25) is 11.7 Å². The summed E-state index contributed by atoms with van der Waals surface area (Å²) in [5.74, 6) is -1.83. The van der Waals surface area contributed by atoms with Crippen LogP contribution < -0.4 is 10.2 Å². The van der Waals surface area contributed by atoms with Crippen LogP contribution in [0.4, 0.5) is 22.1 Å². The number of ketones is 2. The lowest BCUT2D eigenvalue weighted by atomic mass is 9.87. The van der Waals surface area contributed by atoms with Gasteiger partial charge in [0.1, 0.15) is 11.3 Å². The molecule has 0 saturated heterocycles. The summed E-state index contributed by atoms with van der Waals surface area (Å²) >= 11 is 0.919. The number of hydrogen-bond donors (Lipinski definition) is 1. The van der Waals surface area contributed by atoms with E-state index in [2.05, 4.69) is 20.4 Å². The minimum atomic E-state index is -0.756. The standard InChI is InChI=1S/C27H26N4O5S/c1-5-31(6-2)16-12-13-19(20(14-16)28-15(4)32)29-30-26-22(27(35)36-7-3)21-23(33)17-10-8-9-11-18(17)24(34)25(21)37-26/h8-14H,5-7H2,1-4H3,(H,28,32). The molecule has 0 fully saturated rings. The summed E-state index contributed by atoms with van der Waals surface area (Å²) in [6, 6.07) is 11.9. The maximum atomic E-state index is 13.3. The Kier molecular flexibility index (Phi) is 7.58. The highest BCUT2D eigenvalue weighted by molar-refractivity contribution is 7.19. The zero-order chi connectivity index (χ0) is 26.7. The van der Waals surface area contributed by atoms with E-state index < -0.39 is 11.8 Å². The number of carbonyl (C=O) groups is 4. The first-order valence-corrected chi connectivity index (χ1v) is 12.7. The Morgan fingerprint density at radius 1 is 0.973 bits per heavy atom. The van der Waals surface area contributed by atoms with E-state index in [1.807, 2.05) is 19.9 Å². The molecule has 0 atom stereocenters. The molecule has 0 radical (unpaired) electrons. The van der Waals surface area contributed by atoms with Crippen molar-refractivity contribution in [2.24, 2.45) is 10.2 Å². The van der Waals surface area contributed by atoms with Crippen molar-refractivity contribution in [2.45, 2.75) is 27.7 Å². The smallest absolute Gasteiger partial charge is 0.342 e. The molecule has 0 saturated carbocycles. The van der Waals surface area contributed by atoms with Crippen molar-refractivity contribution in [2.75, 3.05) is 29.9 Å². The van der Waals surface area contributed by atoms with Crippen LogP contribution in [-0.2, 0) is 9.53 Å². The second kappa shape index (κ2) is 10.8. The summed E-state index contributed by atoms with van der Waals surface area (Å²) in [5, 5.41) is 11.4. The highest BCUT2D eigenvalue weighted by Gasteiger charge is 2.38. The zero-order valence-electron chi connectivity index (χ0n) is 21.0. The lowest BCUT2D eigenvalue weighted by molar-refractivity contribution is -0.114. The number of nitrogens with zero attached hydrogens (tertiary/aromatic N) is 3. The van der Waals surface area contributed by atoms with Gasteiger partial charge >= 0.3 is 5.97 Å². The van der Waals surface area contributed by atoms with E-state index in [9.17, 15) is 19.2 Å². The molecular formula is C27H26N4O5S. The van der Waals surface area contributed by atoms with Gasteiger partial charge < -0.3 is 15.0 Å². The van der Waals surface area contributed by atoms with Gasteiger partial charge in [-0.25, -0.2) is 4.79 Å². The predicted molar refractivity (Wildman–Crippen MR) is 142 cm³/mol. The van der Waals surface area contributed by atoms with Gasteiger partial charge in [0.05, 0.1) is 22.7 Å². The third-order valence-corrected chi connectivity index (χ3v) is 6.96. The SMILES string of the molecule is CCOC(=O)c1c(N=Nc2ccc(N(CC)CC)cc2NC(C)=O)sc2c1C(=O)c1ccccc1C2=O. The fourth-order valence-electron chi connectivity index (χ4n) is 4.18. The number of benzene rings is 2. The first-order valence-electron chi connectivity index (χ1n) is 11.9. The third kappa shape index (κ3) is 4.92. The lowest BCUT2D eigenvalue weighted by Gasteiger charge is -2.22. The van der Waals surface area contributed by atoms with Crippen molar-refractivity contribution >= 4 is 56.8 Å². The molecule has 2 aromatic carbocycles. The van der Waals surface area contributed by atoms with Crippen molar-refractivity contribution in [1.29, 1.82) is 0 Å². The van der Waals surface area contributed by atoms with Gasteiger partial charge in [0.15, 0.2) is 10.8 Å². The van der Waals surface area contributed by atoms with E-state index in [0.717, 1.165) is 30.1 Å². The van der Waals surface area contributed by atoms with Crippen LogP contribution in [0.2, 0.25) is 0 Å². The molecule has 37 heavy (non-hydrogen) atoms. The summed E-state index contributed by atoms with van der Waals surface area (Å²) in [6.07, 6.45) is 0. The van der Waals surface area contributed by atoms with Crippen LogP contribution in [0.3, 0.4) is 0 Å². The van der Waals surface area contributed by atoms with Crippen LogP contribution in [0, 0.1) is 0 Å². The van der Waals surface area contributed by atoms with Crippen molar-refractivity contribution in [3.8, 4) is 0 Å². The van der Waals surface area contributed by atoms with Crippen molar-refractivity contribution in [1.82, 2.24) is 0 Å². The summed E-state index contributed by atoms with van der Waals surface area (Å²) in [4.78, 5) is 53.5. The predicted octanol–water partition coefficient (Wildman–Crippen LogP) is 5.92. The Hall–Kier alpha value is -4.18.